The first-order valence-corrected chi connectivity index (χ1v) is 10.1. The molecule has 0 atom stereocenters. The number of carbonyl (C=O) groups is 1. The second kappa shape index (κ2) is 12.7. The Morgan fingerprint density at radius 2 is 1.39 bits per heavy atom. The molecule has 0 saturated heterocycles. The largest absolute Gasteiger partial charge is 0.298 e. The molecular weight excluding hydrogens is 364 g/mol. The lowest BCUT2D eigenvalue weighted by atomic mass is 9.96. The highest BCUT2D eigenvalue weighted by Crippen LogP contribution is 2.27. The lowest BCUT2D eigenvalue weighted by Crippen LogP contribution is -1.87. The summed E-state index contributed by atoms with van der Waals surface area (Å²) >= 11 is 6.23. The van der Waals surface area contributed by atoms with E-state index in [1.165, 1.54) is 16.7 Å². The van der Waals surface area contributed by atoms with Crippen LogP contribution in [0.5, 0.6) is 0 Å². The van der Waals surface area contributed by atoms with Crippen LogP contribution < -0.4 is 0 Å². The lowest BCUT2D eigenvalue weighted by molar-refractivity contribution is 0.112. The molecule has 0 saturated carbocycles. The molecule has 1 nitrogen and oxygen atoms in total. The zero-order valence-corrected chi connectivity index (χ0v) is 18.1. The third kappa shape index (κ3) is 6.21. The van der Waals surface area contributed by atoms with Gasteiger partial charge in [0.25, 0.3) is 0 Å². The summed E-state index contributed by atoms with van der Waals surface area (Å²) in [5.41, 5.74) is 6.28. The van der Waals surface area contributed by atoms with Gasteiger partial charge in [-0.1, -0.05) is 112 Å². The molecule has 0 spiro atoms. The van der Waals surface area contributed by atoms with E-state index in [1.807, 2.05) is 58.0 Å². The normalized spacial score (nSPS) is 9.79. The maximum absolute atomic E-state index is 10.8. The van der Waals surface area contributed by atoms with E-state index in [2.05, 4.69) is 43.3 Å². The molecule has 0 heterocycles. The van der Waals surface area contributed by atoms with Crippen LogP contribution in [0.2, 0.25) is 5.02 Å². The van der Waals surface area contributed by atoms with Gasteiger partial charge in [-0.05, 0) is 40.8 Å². The molecule has 0 amide bonds. The predicted octanol–water partition coefficient (Wildman–Crippen LogP) is 8.35. The van der Waals surface area contributed by atoms with Crippen molar-refractivity contribution >= 4 is 30.0 Å². The van der Waals surface area contributed by atoms with Gasteiger partial charge in [-0.25, -0.2) is 0 Å². The number of hydrogen-bond acceptors (Lipinski definition) is 1. The highest BCUT2D eigenvalue weighted by molar-refractivity contribution is 6.32. The molecule has 3 aromatic rings. The molecule has 0 aliphatic carbocycles. The molecule has 0 N–H and O–H groups in total. The van der Waals surface area contributed by atoms with E-state index in [0.29, 0.717) is 10.6 Å². The summed E-state index contributed by atoms with van der Waals surface area (Å²) in [6.45, 7) is 10.1. The summed E-state index contributed by atoms with van der Waals surface area (Å²) in [4.78, 5) is 10.8. The van der Waals surface area contributed by atoms with E-state index in [4.69, 9.17) is 11.6 Å². The zero-order chi connectivity index (χ0) is 20.9. The van der Waals surface area contributed by atoms with E-state index in [0.717, 1.165) is 17.4 Å². The van der Waals surface area contributed by atoms with Gasteiger partial charge >= 0.3 is 0 Å². The SMILES string of the molecule is CC.CC.Cc1c(/C=C/c2ccc(C=O)cc2Cl)cccc1-c1ccccc1. The highest BCUT2D eigenvalue weighted by atomic mass is 35.5. The predicted molar refractivity (Wildman–Crippen MR) is 125 cm³/mol. The Morgan fingerprint density at radius 3 is 2.00 bits per heavy atom. The van der Waals surface area contributed by atoms with Crippen LogP contribution in [0.15, 0.2) is 66.7 Å². The molecule has 0 fully saturated rings. The minimum Gasteiger partial charge on any atom is -0.298 e. The van der Waals surface area contributed by atoms with Crippen LogP contribution in [0, 0.1) is 6.92 Å². The number of rotatable bonds is 4. The van der Waals surface area contributed by atoms with Crippen molar-refractivity contribution < 1.29 is 4.79 Å². The summed E-state index contributed by atoms with van der Waals surface area (Å²) in [5.74, 6) is 0. The third-order valence-corrected chi connectivity index (χ3v) is 4.39. The van der Waals surface area contributed by atoms with Crippen molar-refractivity contribution in [1.29, 1.82) is 0 Å². The van der Waals surface area contributed by atoms with Crippen molar-refractivity contribution in [2.75, 3.05) is 0 Å². The van der Waals surface area contributed by atoms with Gasteiger partial charge in [0, 0.05) is 10.6 Å². The van der Waals surface area contributed by atoms with E-state index >= 15 is 0 Å². The number of halogens is 1. The van der Waals surface area contributed by atoms with Gasteiger partial charge in [-0.15, -0.1) is 0 Å². The Kier molecular flexibility index (Phi) is 10.6. The first kappa shape index (κ1) is 23.4. The Hall–Kier alpha value is -2.64. The van der Waals surface area contributed by atoms with Gasteiger partial charge in [-0.2, -0.15) is 0 Å². The second-order valence-corrected chi connectivity index (χ2v) is 6.03. The Balaban J connectivity index is 0.000000921. The lowest BCUT2D eigenvalue weighted by Gasteiger charge is -2.09. The van der Waals surface area contributed by atoms with Crippen LogP contribution in [0.3, 0.4) is 0 Å². The molecule has 0 aromatic heterocycles. The molecule has 0 radical (unpaired) electrons. The molecule has 3 rings (SSSR count). The average Bonchev–Trinajstić information content (AvgIpc) is 2.77. The Bertz CT molecular complexity index is 896. The van der Waals surface area contributed by atoms with E-state index in [9.17, 15) is 4.79 Å². The quantitative estimate of drug-likeness (QED) is 0.322. The van der Waals surface area contributed by atoms with Crippen molar-refractivity contribution in [3.63, 3.8) is 0 Å². The zero-order valence-electron chi connectivity index (χ0n) is 17.4. The van der Waals surface area contributed by atoms with Gasteiger partial charge in [0.15, 0.2) is 0 Å². The third-order valence-electron chi connectivity index (χ3n) is 4.06. The summed E-state index contributed by atoms with van der Waals surface area (Å²) < 4.78 is 0. The first-order valence-electron chi connectivity index (χ1n) is 9.77. The van der Waals surface area contributed by atoms with Gasteiger partial charge < -0.3 is 0 Å². The summed E-state index contributed by atoms with van der Waals surface area (Å²) in [5, 5.41) is 0.577. The standard InChI is InChI=1S/C22H17ClO.2C2H6/c1-16-18(8-5-9-21(16)19-6-3-2-4-7-19)12-13-20-11-10-17(15-24)14-22(20)23;2*1-2/h2-15H,1H3;2*1-2H3/b13-12+;;. The van der Waals surface area contributed by atoms with Crippen LogP contribution in [0.4, 0.5) is 0 Å². The van der Waals surface area contributed by atoms with Crippen molar-refractivity contribution in [2.45, 2.75) is 34.6 Å². The van der Waals surface area contributed by atoms with Crippen molar-refractivity contribution in [3.8, 4) is 11.1 Å². The maximum atomic E-state index is 10.8. The first-order chi connectivity index (χ1) is 13.7. The van der Waals surface area contributed by atoms with Crippen LogP contribution in [-0.2, 0) is 0 Å². The van der Waals surface area contributed by atoms with Crippen LogP contribution in [0.25, 0.3) is 23.3 Å². The van der Waals surface area contributed by atoms with E-state index in [1.54, 1.807) is 12.1 Å². The fraction of sp³-hybridized carbons (Fsp3) is 0.192. The molecule has 28 heavy (non-hydrogen) atoms. The van der Waals surface area contributed by atoms with Gasteiger partial charge in [0.2, 0.25) is 0 Å². The molecule has 0 aliphatic rings. The number of aldehydes is 1. The van der Waals surface area contributed by atoms with Gasteiger partial charge in [0.05, 0.1) is 0 Å². The molecule has 0 aliphatic heterocycles. The molecule has 2 heteroatoms. The van der Waals surface area contributed by atoms with Crippen molar-refractivity contribution in [2.24, 2.45) is 0 Å². The van der Waals surface area contributed by atoms with Crippen LogP contribution in [-0.4, -0.2) is 6.29 Å². The Labute approximate surface area is 174 Å². The van der Waals surface area contributed by atoms with Crippen molar-refractivity contribution in [3.05, 3.63) is 94.0 Å². The number of carbonyl (C=O) groups excluding carboxylic acids is 1. The second-order valence-electron chi connectivity index (χ2n) is 5.62. The van der Waals surface area contributed by atoms with Crippen LogP contribution in [0.1, 0.15) is 54.7 Å². The molecule has 3 aromatic carbocycles. The summed E-state index contributed by atoms with van der Waals surface area (Å²) in [7, 11) is 0. The minimum atomic E-state index is 0.577. The summed E-state index contributed by atoms with van der Waals surface area (Å²) in [6, 6.07) is 21.9. The minimum absolute atomic E-state index is 0.577. The smallest absolute Gasteiger partial charge is 0.150 e. The van der Waals surface area contributed by atoms with Gasteiger partial charge in [0.1, 0.15) is 6.29 Å². The molecule has 0 bridgehead atoms. The Morgan fingerprint density at radius 1 is 0.750 bits per heavy atom. The monoisotopic (exact) mass is 392 g/mol. The fourth-order valence-electron chi connectivity index (χ4n) is 2.70. The average molecular weight is 393 g/mol. The van der Waals surface area contributed by atoms with E-state index < -0.39 is 0 Å². The maximum Gasteiger partial charge on any atom is 0.150 e. The van der Waals surface area contributed by atoms with Crippen molar-refractivity contribution in [1.82, 2.24) is 0 Å². The molecule has 146 valence electrons. The van der Waals surface area contributed by atoms with Gasteiger partial charge in [-0.3, -0.25) is 4.79 Å². The molecular formula is C26H29ClO. The fourth-order valence-corrected chi connectivity index (χ4v) is 2.95. The molecule has 0 unspecified atom stereocenters. The number of hydrogen-bond donors (Lipinski definition) is 0. The van der Waals surface area contributed by atoms with Crippen LogP contribution >= 0.6 is 11.6 Å². The number of benzene rings is 3. The topological polar surface area (TPSA) is 17.1 Å². The summed E-state index contributed by atoms with van der Waals surface area (Å²) in [6.07, 6.45) is 4.84. The van der Waals surface area contributed by atoms with E-state index in [-0.39, 0.29) is 0 Å². The highest BCUT2D eigenvalue weighted by Gasteiger charge is 2.04.